The van der Waals surface area contributed by atoms with Gasteiger partial charge in [-0.2, -0.15) is 0 Å². The second kappa shape index (κ2) is 4.96. The predicted molar refractivity (Wildman–Crippen MR) is 72.0 cm³/mol. The lowest BCUT2D eigenvalue weighted by Crippen LogP contribution is -2.31. The van der Waals surface area contributed by atoms with E-state index in [0.29, 0.717) is 6.04 Å². The Bertz CT molecular complexity index is 390. The van der Waals surface area contributed by atoms with Gasteiger partial charge >= 0.3 is 0 Å². The highest BCUT2D eigenvalue weighted by molar-refractivity contribution is 5.54. The molecule has 17 heavy (non-hydrogen) atoms. The fraction of sp³-hybridized carbons (Fsp3) is 0.571. The summed E-state index contributed by atoms with van der Waals surface area (Å²) >= 11 is 0. The lowest BCUT2D eigenvalue weighted by molar-refractivity contribution is 0.315. The summed E-state index contributed by atoms with van der Waals surface area (Å²) in [5.74, 6) is 0.982. The number of benzene rings is 1. The van der Waals surface area contributed by atoms with Crippen LogP contribution < -0.4 is 9.64 Å². The number of hydrogen-bond donors (Lipinski definition) is 0. The minimum atomic E-state index is 0.669. The average molecular weight is 234 g/mol. The zero-order valence-electron chi connectivity index (χ0n) is 11.2. The van der Waals surface area contributed by atoms with Gasteiger partial charge in [0.25, 0.3) is 0 Å². The molecule has 1 aliphatic rings. The number of methoxy groups -OCH3 is 1. The summed E-state index contributed by atoms with van der Waals surface area (Å²) in [5.41, 5.74) is 2.47. The number of anilines is 1. The molecule has 0 saturated carbocycles. The molecule has 1 fully saturated rings. The van der Waals surface area contributed by atoms with Crippen molar-refractivity contribution < 1.29 is 4.74 Å². The van der Waals surface area contributed by atoms with Crippen molar-refractivity contribution in [2.75, 3.05) is 39.2 Å². The molecule has 3 nitrogen and oxygen atoms in total. The van der Waals surface area contributed by atoms with Crippen LogP contribution >= 0.6 is 0 Å². The zero-order valence-corrected chi connectivity index (χ0v) is 11.2. The van der Waals surface area contributed by atoms with Gasteiger partial charge in [0.15, 0.2) is 0 Å². The van der Waals surface area contributed by atoms with E-state index in [0.717, 1.165) is 18.8 Å². The molecule has 1 aromatic carbocycles. The molecule has 1 atom stereocenters. The molecular weight excluding hydrogens is 212 g/mol. The maximum atomic E-state index is 5.38. The quantitative estimate of drug-likeness (QED) is 0.797. The lowest BCUT2D eigenvalue weighted by atomic mass is 10.2. The van der Waals surface area contributed by atoms with Crippen LogP contribution in [-0.4, -0.2) is 45.2 Å². The van der Waals surface area contributed by atoms with Crippen molar-refractivity contribution in [2.45, 2.75) is 19.4 Å². The highest BCUT2D eigenvalue weighted by atomic mass is 16.5. The molecule has 0 bridgehead atoms. The molecule has 94 valence electrons. The molecule has 1 aromatic rings. The molecule has 1 aliphatic heterocycles. The van der Waals surface area contributed by atoms with E-state index in [4.69, 9.17) is 4.74 Å². The molecular formula is C14H22N2O. The number of hydrogen-bond acceptors (Lipinski definition) is 3. The third-order valence-corrected chi connectivity index (χ3v) is 3.65. The monoisotopic (exact) mass is 234 g/mol. The molecule has 0 amide bonds. The molecule has 0 unspecified atom stereocenters. The van der Waals surface area contributed by atoms with Crippen molar-refractivity contribution >= 4 is 5.69 Å². The van der Waals surface area contributed by atoms with Crippen LogP contribution in [0.4, 0.5) is 5.69 Å². The van der Waals surface area contributed by atoms with E-state index >= 15 is 0 Å². The van der Waals surface area contributed by atoms with Crippen LogP contribution in [0.25, 0.3) is 0 Å². The van der Waals surface area contributed by atoms with Crippen molar-refractivity contribution in [3.63, 3.8) is 0 Å². The average Bonchev–Trinajstić information content (AvgIpc) is 2.79. The van der Waals surface area contributed by atoms with E-state index in [9.17, 15) is 0 Å². The number of aryl methyl sites for hydroxylation is 1. The zero-order chi connectivity index (χ0) is 12.4. The topological polar surface area (TPSA) is 15.7 Å². The number of likely N-dealkylation sites (N-methyl/N-ethyl adjacent to an activating group) is 1. The van der Waals surface area contributed by atoms with E-state index < -0.39 is 0 Å². The Morgan fingerprint density at radius 3 is 2.71 bits per heavy atom. The van der Waals surface area contributed by atoms with Crippen LogP contribution in [0, 0.1) is 6.92 Å². The second-order valence-electron chi connectivity index (χ2n) is 5.01. The Balaban J connectivity index is 2.13. The van der Waals surface area contributed by atoms with E-state index in [1.807, 2.05) is 0 Å². The maximum Gasteiger partial charge on any atom is 0.123 e. The SMILES string of the molecule is COc1cc(N2CC[C@H](N(C)C)C2)ccc1C. The highest BCUT2D eigenvalue weighted by Gasteiger charge is 2.24. The molecule has 0 spiro atoms. The van der Waals surface area contributed by atoms with Crippen LogP contribution in [0.15, 0.2) is 18.2 Å². The lowest BCUT2D eigenvalue weighted by Gasteiger charge is -2.22. The Kier molecular flexibility index (Phi) is 3.57. The Morgan fingerprint density at radius 2 is 2.12 bits per heavy atom. The minimum Gasteiger partial charge on any atom is -0.496 e. The summed E-state index contributed by atoms with van der Waals surface area (Å²) in [4.78, 5) is 4.75. The van der Waals surface area contributed by atoms with Crippen LogP contribution in [0.3, 0.4) is 0 Å². The molecule has 1 saturated heterocycles. The summed E-state index contributed by atoms with van der Waals surface area (Å²) in [6.07, 6.45) is 1.24. The first-order valence-electron chi connectivity index (χ1n) is 6.18. The summed E-state index contributed by atoms with van der Waals surface area (Å²) < 4.78 is 5.38. The fourth-order valence-corrected chi connectivity index (χ4v) is 2.40. The second-order valence-corrected chi connectivity index (χ2v) is 5.01. The van der Waals surface area contributed by atoms with Crippen LogP contribution in [-0.2, 0) is 0 Å². The van der Waals surface area contributed by atoms with Gasteiger partial charge < -0.3 is 14.5 Å². The van der Waals surface area contributed by atoms with Crippen molar-refractivity contribution in [2.24, 2.45) is 0 Å². The predicted octanol–water partition coefficient (Wildman–Crippen LogP) is 2.14. The van der Waals surface area contributed by atoms with E-state index in [1.54, 1.807) is 7.11 Å². The molecule has 0 radical (unpaired) electrons. The first kappa shape index (κ1) is 12.2. The standard InChI is InChI=1S/C14H22N2O/c1-11-5-6-12(9-14(11)17-4)16-8-7-13(10-16)15(2)3/h5-6,9,13H,7-8,10H2,1-4H3/t13-/m0/s1. The molecule has 3 heteroatoms. The van der Waals surface area contributed by atoms with Gasteiger partial charge in [-0.1, -0.05) is 6.07 Å². The van der Waals surface area contributed by atoms with Gasteiger partial charge in [-0.15, -0.1) is 0 Å². The van der Waals surface area contributed by atoms with Crippen LogP contribution in [0.5, 0.6) is 5.75 Å². The first-order chi connectivity index (χ1) is 8.11. The van der Waals surface area contributed by atoms with Crippen molar-refractivity contribution in [1.29, 1.82) is 0 Å². The Labute approximate surface area is 104 Å². The van der Waals surface area contributed by atoms with Crippen LogP contribution in [0.2, 0.25) is 0 Å². The highest BCUT2D eigenvalue weighted by Crippen LogP contribution is 2.28. The number of rotatable bonds is 3. The van der Waals surface area contributed by atoms with Crippen molar-refractivity contribution in [3.8, 4) is 5.75 Å². The maximum absolute atomic E-state index is 5.38. The molecule has 0 N–H and O–H groups in total. The van der Waals surface area contributed by atoms with Gasteiger partial charge in [0.05, 0.1) is 7.11 Å². The molecule has 1 heterocycles. The first-order valence-corrected chi connectivity index (χ1v) is 6.18. The summed E-state index contributed by atoms with van der Waals surface area (Å²) in [5, 5.41) is 0. The van der Waals surface area contributed by atoms with Gasteiger partial charge in [-0.3, -0.25) is 0 Å². The molecule has 2 rings (SSSR count). The summed E-state index contributed by atoms with van der Waals surface area (Å²) in [7, 11) is 6.05. The largest absolute Gasteiger partial charge is 0.496 e. The molecule has 0 aliphatic carbocycles. The minimum absolute atomic E-state index is 0.669. The van der Waals surface area contributed by atoms with Gasteiger partial charge in [0.1, 0.15) is 5.75 Å². The van der Waals surface area contributed by atoms with Gasteiger partial charge in [-0.05, 0) is 39.1 Å². The van der Waals surface area contributed by atoms with Crippen molar-refractivity contribution in [1.82, 2.24) is 4.90 Å². The van der Waals surface area contributed by atoms with E-state index in [2.05, 4.69) is 49.0 Å². The molecule has 0 aromatic heterocycles. The van der Waals surface area contributed by atoms with E-state index in [1.165, 1.54) is 17.7 Å². The Hall–Kier alpha value is -1.22. The van der Waals surface area contributed by atoms with E-state index in [-0.39, 0.29) is 0 Å². The smallest absolute Gasteiger partial charge is 0.123 e. The normalized spacial score (nSPS) is 20.1. The van der Waals surface area contributed by atoms with Gasteiger partial charge in [0, 0.05) is 30.9 Å². The van der Waals surface area contributed by atoms with Crippen molar-refractivity contribution in [3.05, 3.63) is 23.8 Å². The van der Waals surface area contributed by atoms with Gasteiger partial charge in [0.2, 0.25) is 0 Å². The summed E-state index contributed by atoms with van der Waals surface area (Å²) in [6, 6.07) is 7.14. The third kappa shape index (κ3) is 2.55. The van der Waals surface area contributed by atoms with Crippen LogP contribution in [0.1, 0.15) is 12.0 Å². The van der Waals surface area contributed by atoms with Gasteiger partial charge in [-0.25, -0.2) is 0 Å². The summed E-state index contributed by atoms with van der Waals surface area (Å²) in [6.45, 7) is 4.32. The number of ether oxygens (including phenoxy) is 1. The number of nitrogens with zero attached hydrogens (tertiary/aromatic N) is 2. The fourth-order valence-electron chi connectivity index (χ4n) is 2.40. The Morgan fingerprint density at radius 1 is 1.35 bits per heavy atom. The third-order valence-electron chi connectivity index (χ3n) is 3.65.